The molecule has 0 saturated heterocycles. The Morgan fingerprint density at radius 1 is 1.29 bits per heavy atom. The van der Waals surface area contributed by atoms with Crippen LogP contribution in [-0.4, -0.2) is 28.1 Å². The first-order valence-electron chi connectivity index (χ1n) is 7.52. The highest BCUT2D eigenvalue weighted by Gasteiger charge is 2.16. The molecule has 124 valence electrons. The molecule has 0 fully saturated rings. The molecule has 0 aliphatic rings. The number of anilines is 1. The van der Waals surface area contributed by atoms with E-state index in [1.165, 1.54) is 6.20 Å². The molecule has 7 heteroatoms. The normalized spacial score (nSPS) is 10.8. The Labute approximate surface area is 138 Å². The molecular weight excluding hydrogens is 310 g/mol. The van der Waals surface area contributed by atoms with Gasteiger partial charge in [-0.05, 0) is 39.0 Å². The lowest BCUT2D eigenvalue weighted by molar-refractivity contribution is 0.0528. The molecule has 3 aromatic heterocycles. The number of nitrogens with one attached hydrogen (secondary N) is 1. The number of rotatable bonds is 4. The highest BCUT2D eigenvalue weighted by Crippen LogP contribution is 2.19. The Bertz CT molecular complexity index is 923. The zero-order valence-electron chi connectivity index (χ0n) is 13.6. The van der Waals surface area contributed by atoms with Gasteiger partial charge in [-0.3, -0.25) is 4.79 Å². The molecule has 24 heavy (non-hydrogen) atoms. The van der Waals surface area contributed by atoms with E-state index in [9.17, 15) is 9.59 Å². The average molecular weight is 327 g/mol. The fourth-order valence-electron chi connectivity index (χ4n) is 2.48. The number of hydrogen-bond acceptors (Lipinski definition) is 5. The minimum absolute atomic E-state index is 0.272. The van der Waals surface area contributed by atoms with Gasteiger partial charge < -0.3 is 14.5 Å². The van der Waals surface area contributed by atoms with E-state index in [-0.39, 0.29) is 12.5 Å². The van der Waals surface area contributed by atoms with Crippen LogP contribution in [0.15, 0.2) is 35.0 Å². The van der Waals surface area contributed by atoms with Crippen LogP contribution in [0.3, 0.4) is 0 Å². The van der Waals surface area contributed by atoms with Gasteiger partial charge in [0.15, 0.2) is 0 Å². The summed E-state index contributed by atoms with van der Waals surface area (Å²) in [5, 5.41) is 6.91. The molecule has 7 nitrogen and oxygen atoms in total. The van der Waals surface area contributed by atoms with E-state index in [4.69, 9.17) is 9.15 Å². The largest absolute Gasteiger partial charge is 0.466 e. The maximum absolute atomic E-state index is 12.4. The number of fused-ring (bicyclic) bond motifs is 1. The summed E-state index contributed by atoms with van der Waals surface area (Å²) in [6.07, 6.45) is 3.11. The van der Waals surface area contributed by atoms with Gasteiger partial charge >= 0.3 is 5.97 Å². The summed E-state index contributed by atoms with van der Waals surface area (Å²) in [5.74, 6) is 0.513. The van der Waals surface area contributed by atoms with E-state index in [0.29, 0.717) is 33.9 Å². The van der Waals surface area contributed by atoms with Crippen LogP contribution in [0.4, 0.5) is 5.69 Å². The minimum Gasteiger partial charge on any atom is -0.466 e. The lowest BCUT2D eigenvalue weighted by Gasteiger charge is -2.06. The molecule has 3 heterocycles. The van der Waals surface area contributed by atoms with Crippen molar-refractivity contribution in [2.75, 3.05) is 11.9 Å². The molecule has 3 aromatic rings. The third kappa shape index (κ3) is 2.88. The zero-order valence-corrected chi connectivity index (χ0v) is 13.6. The van der Waals surface area contributed by atoms with Gasteiger partial charge in [-0.1, -0.05) is 0 Å². The molecule has 3 rings (SSSR count). The van der Waals surface area contributed by atoms with Crippen LogP contribution in [0.5, 0.6) is 0 Å². The van der Waals surface area contributed by atoms with Crippen molar-refractivity contribution in [3.8, 4) is 0 Å². The van der Waals surface area contributed by atoms with E-state index in [1.54, 1.807) is 49.7 Å². The molecule has 0 unspecified atom stereocenters. The van der Waals surface area contributed by atoms with Crippen molar-refractivity contribution in [2.24, 2.45) is 0 Å². The predicted molar refractivity (Wildman–Crippen MR) is 87.3 cm³/mol. The summed E-state index contributed by atoms with van der Waals surface area (Å²) in [6.45, 7) is 5.55. The van der Waals surface area contributed by atoms with Crippen molar-refractivity contribution in [1.29, 1.82) is 0 Å². The number of amides is 1. The van der Waals surface area contributed by atoms with Crippen LogP contribution >= 0.6 is 0 Å². The third-order valence-electron chi connectivity index (χ3n) is 3.56. The molecular formula is C17H17N3O4. The van der Waals surface area contributed by atoms with Crippen molar-refractivity contribution in [2.45, 2.75) is 20.8 Å². The van der Waals surface area contributed by atoms with Gasteiger partial charge in [-0.25, -0.2) is 9.31 Å². The van der Waals surface area contributed by atoms with Gasteiger partial charge in [-0.15, -0.1) is 0 Å². The Morgan fingerprint density at radius 3 is 2.75 bits per heavy atom. The topological polar surface area (TPSA) is 85.8 Å². The summed E-state index contributed by atoms with van der Waals surface area (Å²) in [7, 11) is 0. The smallest absolute Gasteiger partial charge is 0.341 e. The molecule has 0 saturated carbocycles. The highest BCUT2D eigenvalue weighted by atomic mass is 16.5. The van der Waals surface area contributed by atoms with E-state index in [0.717, 1.165) is 0 Å². The van der Waals surface area contributed by atoms with Crippen LogP contribution in [0.1, 0.15) is 39.2 Å². The van der Waals surface area contributed by atoms with E-state index in [2.05, 4.69) is 10.4 Å². The summed E-state index contributed by atoms with van der Waals surface area (Å²) in [5.41, 5.74) is 1.94. The monoisotopic (exact) mass is 327 g/mol. The predicted octanol–water partition coefficient (Wildman–Crippen LogP) is 2.97. The first-order valence-corrected chi connectivity index (χ1v) is 7.52. The number of esters is 1. The molecule has 1 N–H and O–H groups in total. The lowest BCUT2D eigenvalue weighted by Crippen LogP contribution is -2.12. The maximum Gasteiger partial charge on any atom is 0.341 e. The lowest BCUT2D eigenvalue weighted by atomic mass is 10.2. The van der Waals surface area contributed by atoms with Crippen molar-refractivity contribution in [3.05, 3.63) is 53.2 Å². The fraction of sp³-hybridized carbons (Fsp3) is 0.235. The van der Waals surface area contributed by atoms with Crippen LogP contribution < -0.4 is 5.32 Å². The van der Waals surface area contributed by atoms with Gasteiger partial charge in [0.05, 0.1) is 23.9 Å². The number of nitrogens with zero attached hydrogens (tertiary/aromatic N) is 2. The SMILES string of the molecule is CCOC(=O)c1cnn2ccc(NC(=O)c3cc(C)oc3C)cc12. The van der Waals surface area contributed by atoms with Crippen LogP contribution in [-0.2, 0) is 4.74 Å². The van der Waals surface area contributed by atoms with Crippen molar-refractivity contribution in [3.63, 3.8) is 0 Å². The summed E-state index contributed by atoms with van der Waals surface area (Å²) < 4.78 is 11.9. The van der Waals surface area contributed by atoms with E-state index < -0.39 is 5.97 Å². The van der Waals surface area contributed by atoms with Crippen molar-refractivity contribution >= 4 is 23.1 Å². The van der Waals surface area contributed by atoms with Gasteiger partial charge in [0.1, 0.15) is 17.1 Å². The Balaban J connectivity index is 1.90. The zero-order chi connectivity index (χ0) is 17.3. The van der Waals surface area contributed by atoms with Gasteiger partial charge in [0.2, 0.25) is 0 Å². The number of aryl methyl sites for hydroxylation is 2. The first-order chi connectivity index (χ1) is 11.5. The number of carbonyl (C=O) groups excluding carboxylic acids is 2. The quantitative estimate of drug-likeness (QED) is 0.745. The molecule has 0 atom stereocenters. The molecule has 0 aliphatic carbocycles. The second-order valence-corrected chi connectivity index (χ2v) is 5.30. The summed E-state index contributed by atoms with van der Waals surface area (Å²) >= 11 is 0. The van der Waals surface area contributed by atoms with Crippen molar-refractivity contribution < 1.29 is 18.7 Å². The Hall–Kier alpha value is -3.09. The average Bonchev–Trinajstić information content (AvgIpc) is 3.10. The second kappa shape index (κ2) is 6.19. The number of carbonyl (C=O) groups is 2. The number of furan rings is 1. The molecule has 0 spiro atoms. The van der Waals surface area contributed by atoms with E-state index >= 15 is 0 Å². The van der Waals surface area contributed by atoms with Gasteiger partial charge in [0, 0.05) is 11.9 Å². The van der Waals surface area contributed by atoms with Crippen molar-refractivity contribution in [1.82, 2.24) is 9.61 Å². The Kier molecular flexibility index (Phi) is 4.07. The number of aromatic nitrogens is 2. The van der Waals surface area contributed by atoms with Crippen LogP contribution in [0, 0.1) is 13.8 Å². The van der Waals surface area contributed by atoms with Crippen LogP contribution in [0.2, 0.25) is 0 Å². The number of hydrogen-bond donors (Lipinski definition) is 1. The first kappa shape index (κ1) is 15.8. The number of pyridine rings is 1. The van der Waals surface area contributed by atoms with Gasteiger partial charge in [-0.2, -0.15) is 5.10 Å². The third-order valence-corrected chi connectivity index (χ3v) is 3.56. The second-order valence-electron chi connectivity index (χ2n) is 5.30. The van der Waals surface area contributed by atoms with Crippen LogP contribution in [0.25, 0.3) is 5.52 Å². The molecule has 1 amide bonds. The highest BCUT2D eigenvalue weighted by molar-refractivity contribution is 6.05. The maximum atomic E-state index is 12.4. The standard InChI is InChI=1S/C17H17N3O4/c1-4-23-17(22)14-9-18-20-6-5-12(8-15(14)20)19-16(21)13-7-10(2)24-11(13)3/h5-9H,4H2,1-3H3,(H,19,21). The van der Waals surface area contributed by atoms with E-state index in [1.807, 2.05) is 0 Å². The molecule has 0 bridgehead atoms. The fourth-order valence-corrected chi connectivity index (χ4v) is 2.48. The Morgan fingerprint density at radius 2 is 2.08 bits per heavy atom. The molecule has 0 radical (unpaired) electrons. The number of ether oxygens (including phenoxy) is 1. The minimum atomic E-state index is -0.447. The summed E-state index contributed by atoms with van der Waals surface area (Å²) in [4.78, 5) is 24.3. The molecule has 0 aliphatic heterocycles. The summed E-state index contributed by atoms with van der Waals surface area (Å²) in [6, 6.07) is 5.07. The van der Waals surface area contributed by atoms with Gasteiger partial charge in [0.25, 0.3) is 5.91 Å². The molecule has 0 aromatic carbocycles.